The first-order valence-corrected chi connectivity index (χ1v) is 8.12. The van der Waals surface area contributed by atoms with Crippen LogP contribution >= 0.6 is 0 Å². The Labute approximate surface area is 151 Å². The number of amides is 1. The highest BCUT2D eigenvalue weighted by Gasteiger charge is 2.20. The molecule has 3 rings (SSSR count). The van der Waals surface area contributed by atoms with Crippen LogP contribution in [0.3, 0.4) is 0 Å². The van der Waals surface area contributed by atoms with E-state index in [1.807, 2.05) is 26.0 Å². The summed E-state index contributed by atoms with van der Waals surface area (Å²) in [7, 11) is 0. The molecule has 2 heterocycles. The second-order valence-corrected chi connectivity index (χ2v) is 6.30. The van der Waals surface area contributed by atoms with Gasteiger partial charge in [0.15, 0.2) is 5.69 Å². The van der Waals surface area contributed by atoms with Crippen LogP contribution in [0.5, 0.6) is 5.75 Å². The molecule has 6 nitrogen and oxygen atoms in total. The Morgan fingerprint density at radius 2 is 1.81 bits per heavy atom. The normalized spacial score (nSPS) is 10.7. The molecule has 0 aliphatic carbocycles. The van der Waals surface area contributed by atoms with Gasteiger partial charge in [-0.25, -0.2) is 4.98 Å². The molecular formula is C20H20N4O2. The second-order valence-electron chi connectivity index (χ2n) is 6.30. The minimum Gasteiger partial charge on any atom is -0.508 e. The van der Waals surface area contributed by atoms with E-state index in [2.05, 4.69) is 9.97 Å². The molecule has 6 heteroatoms. The molecule has 26 heavy (non-hydrogen) atoms. The molecule has 0 unspecified atom stereocenters. The maximum absolute atomic E-state index is 11.9. The fraction of sp³-hybridized carbons (Fsp3) is 0.150. The zero-order valence-corrected chi connectivity index (χ0v) is 14.9. The molecule has 132 valence electrons. The molecule has 0 spiro atoms. The summed E-state index contributed by atoms with van der Waals surface area (Å²) in [4.78, 5) is 20.6. The summed E-state index contributed by atoms with van der Waals surface area (Å²) in [5.74, 6) is -0.564. The predicted molar refractivity (Wildman–Crippen MR) is 102 cm³/mol. The average Bonchev–Trinajstić information content (AvgIpc) is 2.60. The number of aromatic hydroxyl groups is 1. The highest BCUT2D eigenvalue weighted by molar-refractivity contribution is 6.01. The summed E-state index contributed by atoms with van der Waals surface area (Å²) in [5.41, 5.74) is 16.9. The van der Waals surface area contributed by atoms with Gasteiger partial charge in [0, 0.05) is 11.8 Å². The molecular weight excluding hydrogens is 328 g/mol. The lowest BCUT2D eigenvalue weighted by Crippen LogP contribution is -2.17. The Balaban J connectivity index is 2.34. The van der Waals surface area contributed by atoms with E-state index in [0.29, 0.717) is 22.5 Å². The number of hydrogen-bond acceptors (Lipinski definition) is 5. The van der Waals surface area contributed by atoms with Gasteiger partial charge in [-0.2, -0.15) is 0 Å². The number of carbonyl (C=O) groups excluding carboxylic acids is 1. The summed E-state index contributed by atoms with van der Waals surface area (Å²) in [5, 5.41) is 10.1. The van der Waals surface area contributed by atoms with Crippen LogP contribution in [0, 0.1) is 20.8 Å². The largest absolute Gasteiger partial charge is 0.508 e. The Morgan fingerprint density at radius 3 is 2.42 bits per heavy atom. The zero-order chi connectivity index (χ0) is 19.0. The zero-order valence-electron chi connectivity index (χ0n) is 14.9. The summed E-state index contributed by atoms with van der Waals surface area (Å²) in [6, 6.07) is 8.93. The van der Waals surface area contributed by atoms with E-state index in [-0.39, 0.29) is 17.1 Å². The van der Waals surface area contributed by atoms with Gasteiger partial charge < -0.3 is 16.6 Å². The van der Waals surface area contributed by atoms with Gasteiger partial charge in [-0.1, -0.05) is 12.1 Å². The van der Waals surface area contributed by atoms with Crippen molar-refractivity contribution in [2.45, 2.75) is 20.8 Å². The Morgan fingerprint density at radius 1 is 1.08 bits per heavy atom. The summed E-state index contributed by atoms with van der Waals surface area (Å²) in [6.45, 7) is 5.65. The number of phenolic OH excluding ortho intramolecular Hbond substituents is 1. The van der Waals surface area contributed by atoms with Gasteiger partial charge in [0.25, 0.3) is 5.91 Å². The number of rotatable bonds is 3. The van der Waals surface area contributed by atoms with Crippen LogP contribution in [0.25, 0.3) is 22.5 Å². The second kappa shape index (κ2) is 6.48. The van der Waals surface area contributed by atoms with Crippen molar-refractivity contribution in [2.24, 2.45) is 5.73 Å². The van der Waals surface area contributed by atoms with Crippen LogP contribution in [-0.2, 0) is 0 Å². The molecule has 0 bridgehead atoms. The topological polar surface area (TPSA) is 115 Å². The number of aryl methyl sites for hydroxylation is 2. The molecule has 0 fully saturated rings. The average molecular weight is 348 g/mol. The maximum atomic E-state index is 11.9. The Bertz CT molecular complexity index is 1010. The third kappa shape index (κ3) is 2.97. The van der Waals surface area contributed by atoms with Crippen molar-refractivity contribution in [3.63, 3.8) is 0 Å². The van der Waals surface area contributed by atoms with Crippen LogP contribution in [0.15, 0.2) is 36.5 Å². The van der Waals surface area contributed by atoms with E-state index >= 15 is 0 Å². The van der Waals surface area contributed by atoms with Crippen LogP contribution < -0.4 is 11.5 Å². The van der Waals surface area contributed by atoms with Gasteiger partial charge in [-0.05, 0) is 61.2 Å². The van der Waals surface area contributed by atoms with Gasteiger partial charge in [0.2, 0.25) is 0 Å². The summed E-state index contributed by atoms with van der Waals surface area (Å²) in [6.07, 6.45) is 1.72. The van der Waals surface area contributed by atoms with Gasteiger partial charge >= 0.3 is 0 Å². The molecule has 1 aromatic carbocycles. The fourth-order valence-corrected chi connectivity index (χ4v) is 2.95. The van der Waals surface area contributed by atoms with Crippen molar-refractivity contribution in [2.75, 3.05) is 5.73 Å². The summed E-state index contributed by atoms with van der Waals surface area (Å²) >= 11 is 0. The number of aromatic nitrogens is 2. The number of benzene rings is 1. The minimum atomic E-state index is -0.715. The fourth-order valence-electron chi connectivity index (χ4n) is 2.95. The molecule has 0 aliphatic heterocycles. The highest BCUT2D eigenvalue weighted by atomic mass is 16.3. The van der Waals surface area contributed by atoms with E-state index in [1.54, 1.807) is 31.3 Å². The summed E-state index contributed by atoms with van der Waals surface area (Å²) < 4.78 is 0. The molecule has 0 aliphatic rings. The Kier molecular flexibility index (Phi) is 4.34. The van der Waals surface area contributed by atoms with Gasteiger partial charge in [-0.15, -0.1) is 0 Å². The van der Waals surface area contributed by atoms with Crippen molar-refractivity contribution in [3.8, 4) is 28.3 Å². The third-order valence-electron chi connectivity index (χ3n) is 4.38. The van der Waals surface area contributed by atoms with E-state index in [4.69, 9.17) is 11.5 Å². The van der Waals surface area contributed by atoms with Crippen molar-refractivity contribution in [1.29, 1.82) is 0 Å². The van der Waals surface area contributed by atoms with Gasteiger partial charge in [-0.3, -0.25) is 9.78 Å². The Hall–Kier alpha value is -3.41. The number of anilines is 1. The van der Waals surface area contributed by atoms with Crippen molar-refractivity contribution >= 4 is 11.6 Å². The predicted octanol–water partition coefficient (Wildman–Crippen LogP) is 3.12. The SMILES string of the molecule is Cc1ccc(-c2cc(-c3c(C)ccc(O)c3C)c(N)c(C(N)=O)n2)nc1. The molecule has 3 aromatic rings. The van der Waals surface area contributed by atoms with Gasteiger partial charge in [0.05, 0.1) is 17.1 Å². The third-order valence-corrected chi connectivity index (χ3v) is 4.38. The lowest BCUT2D eigenvalue weighted by Gasteiger charge is -2.16. The smallest absolute Gasteiger partial charge is 0.269 e. The number of hydrogen-bond donors (Lipinski definition) is 3. The molecule has 0 radical (unpaired) electrons. The molecule has 2 aromatic heterocycles. The minimum absolute atomic E-state index is 0.0120. The monoisotopic (exact) mass is 348 g/mol. The lowest BCUT2D eigenvalue weighted by atomic mass is 9.92. The number of pyridine rings is 2. The highest BCUT2D eigenvalue weighted by Crippen LogP contribution is 2.38. The first-order chi connectivity index (χ1) is 12.3. The van der Waals surface area contributed by atoms with Crippen LogP contribution in [0.2, 0.25) is 0 Å². The molecule has 0 atom stereocenters. The number of carbonyl (C=O) groups is 1. The lowest BCUT2D eigenvalue weighted by molar-refractivity contribution is 0.0996. The van der Waals surface area contributed by atoms with Crippen LogP contribution in [-0.4, -0.2) is 21.0 Å². The molecule has 0 saturated carbocycles. The molecule has 0 saturated heterocycles. The number of primary amides is 1. The first-order valence-electron chi connectivity index (χ1n) is 8.12. The van der Waals surface area contributed by atoms with Crippen molar-refractivity contribution < 1.29 is 9.90 Å². The molecule has 1 amide bonds. The van der Waals surface area contributed by atoms with Gasteiger partial charge in [0.1, 0.15) is 5.75 Å². The van der Waals surface area contributed by atoms with Crippen molar-refractivity contribution in [3.05, 3.63) is 58.9 Å². The number of nitrogens with zero attached hydrogens (tertiary/aromatic N) is 2. The first kappa shape index (κ1) is 17.4. The number of phenols is 1. The van der Waals surface area contributed by atoms with Crippen LogP contribution in [0.4, 0.5) is 5.69 Å². The van der Waals surface area contributed by atoms with E-state index in [0.717, 1.165) is 16.7 Å². The number of nitrogen functional groups attached to an aromatic ring is 1. The van der Waals surface area contributed by atoms with Crippen molar-refractivity contribution in [1.82, 2.24) is 9.97 Å². The standard InChI is InChI=1S/C20H20N4O2/c1-10-4-6-14(23-9-10)15-8-13(18(21)19(24-15)20(22)26)17-11(2)5-7-16(25)12(17)3/h4-9,25H,21H2,1-3H3,(H2,22,26). The quantitative estimate of drug-likeness (QED) is 0.672. The van der Waals surface area contributed by atoms with E-state index < -0.39 is 5.91 Å². The maximum Gasteiger partial charge on any atom is 0.269 e. The van der Waals surface area contributed by atoms with Crippen LogP contribution in [0.1, 0.15) is 27.2 Å². The molecule has 5 N–H and O–H groups in total. The van der Waals surface area contributed by atoms with E-state index in [9.17, 15) is 9.90 Å². The van der Waals surface area contributed by atoms with E-state index in [1.165, 1.54) is 0 Å². The number of nitrogens with two attached hydrogens (primary N) is 2.